The first kappa shape index (κ1) is 24.3. The maximum Gasteiger partial charge on any atom is 0.341 e. The van der Waals surface area contributed by atoms with Gasteiger partial charge in [0.2, 0.25) is 0 Å². The van der Waals surface area contributed by atoms with Gasteiger partial charge in [-0.05, 0) is 55.0 Å². The van der Waals surface area contributed by atoms with Crippen molar-refractivity contribution in [2.24, 2.45) is 4.99 Å². The lowest BCUT2D eigenvalue weighted by Gasteiger charge is -2.15. The molecule has 0 spiro atoms. The molecule has 0 aliphatic rings. The number of fused-ring (bicyclic) bond motifs is 2. The summed E-state index contributed by atoms with van der Waals surface area (Å²) in [5.74, 6) is -1.23. The smallest absolute Gasteiger partial charge is 0.341 e. The number of rotatable bonds is 5. The number of aromatic nitrogens is 3. The summed E-state index contributed by atoms with van der Waals surface area (Å²) < 4.78 is 9.15. The number of hydrogen-bond acceptors (Lipinski definition) is 5. The molecule has 3 aromatic heterocycles. The molecule has 37 heavy (non-hydrogen) atoms. The minimum Gasteiger partial charge on any atom is -0.462 e. The summed E-state index contributed by atoms with van der Waals surface area (Å²) in [6, 6.07) is 22.9. The topological polar surface area (TPSA) is 95.0 Å². The fourth-order valence-corrected chi connectivity index (χ4v) is 4.29. The summed E-state index contributed by atoms with van der Waals surface area (Å²) in [7, 11) is 0. The molecular weight excluding hydrogens is 536 g/mol. The van der Waals surface area contributed by atoms with Gasteiger partial charge in [-0.25, -0.2) is 9.78 Å². The number of amides is 1. The first-order valence-corrected chi connectivity index (χ1v) is 12.4. The number of ether oxygens (including phenoxy) is 1. The van der Waals surface area contributed by atoms with Gasteiger partial charge in [0.1, 0.15) is 16.9 Å². The molecule has 184 valence electrons. The number of halogens is 1. The largest absolute Gasteiger partial charge is 0.462 e. The predicted octanol–water partition coefficient (Wildman–Crippen LogP) is 4.38. The van der Waals surface area contributed by atoms with E-state index in [-0.39, 0.29) is 35.1 Å². The Morgan fingerprint density at radius 1 is 1.00 bits per heavy atom. The average molecular weight is 557 g/mol. The third kappa shape index (κ3) is 4.85. The van der Waals surface area contributed by atoms with Crippen LogP contribution in [0.1, 0.15) is 33.2 Å². The number of carbonyl (C=O) groups excluding carboxylic acids is 2. The summed E-state index contributed by atoms with van der Waals surface area (Å²) in [5.41, 5.74) is 1.67. The van der Waals surface area contributed by atoms with Gasteiger partial charge in [-0.1, -0.05) is 52.3 Å². The molecule has 0 aliphatic carbocycles. The van der Waals surface area contributed by atoms with E-state index in [0.29, 0.717) is 16.9 Å². The number of nitrogens with zero attached hydrogens (tertiary/aromatic N) is 4. The highest BCUT2D eigenvalue weighted by Gasteiger charge is 2.20. The van der Waals surface area contributed by atoms with Crippen LogP contribution in [0, 0.1) is 0 Å². The predicted molar refractivity (Wildman–Crippen MR) is 142 cm³/mol. The molecule has 0 bridgehead atoms. The van der Waals surface area contributed by atoms with Crippen molar-refractivity contribution in [2.45, 2.75) is 13.5 Å². The highest BCUT2D eigenvalue weighted by atomic mass is 79.9. The van der Waals surface area contributed by atoms with Crippen molar-refractivity contribution in [2.75, 3.05) is 6.61 Å². The number of esters is 1. The molecule has 0 atom stereocenters. The van der Waals surface area contributed by atoms with E-state index in [2.05, 4.69) is 20.9 Å². The van der Waals surface area contributed by atoms with Crippen molar-refractivity contribution in [3.63, 3.8) is 0 Å². The van der Waals surface area contributed by atoms with Crippen molar-refractivity contribution in [3.8, 4) is 0 Å². The Balaban J connectivity index is 1.89. The molecule has 0 aliphatic heterocycles. The quantitative estimate of drug-likeness (QED) is 0.236. The van der Waals surface area contributed by atoms with Gasteiger partial charge in [-0.2, -0.15) is 4.99 Å². The van der Waals surface area contributed by atoms with E-state index in [1.54, 1.807) is 60.2 Å². The maximum atomic E-state index is 13.5. The average Bonchev–Trinajstić information content (AvgIpc) is 2.91. The molecule has 0 saturated heterocycles. The summed E-state index contributed by atoms with van der Waals surface area (Å²) in [6.45, 7) is 2.02. The molecule has 9 heteroatoms. The number of carbonyl (C=O) groups is 2. The van der Waals surface area contributed by atoms with Gasteiger partial charge >= 0.3 is 5.97 Å². The monoisotopic (exact) mass is 556 g/mol. The molecule has 5 rings (SSSR count). The third-order valence-corrected chi connectivity index (χ3v) is 6.30. The molecule has 3 heterocycles. The van der Waals surface area contributed by atoms with Crippen LogP contribution in [0.4, 0.5) is 0 Å². The molecule has 0 fully saturated rings. The van der Waals surface area contributed by atoms with Crippen molar-refractivity contribution in [1.29, 1.82) is 0 Å². The fraction of sp³-hybridized carbons (Fsp3) is 0.107. The number of pyridine rings is 2. The molecule has 5 aromatic rings. The van der Waals surface area contributed by atoms with Gasteiger partial charge in [-0.3, -0.25) is 14.0 Å². The van der Waals surface area contributed by atoms with Gasteiger partial charge in [0.05, 0.1) is 18.5 Å². The van der Waals surface area contributed by atoms with E-state index in [9.17, 15) is 14.4 Å². The van der Waals surface area contributed by atoms with Gasteiger partial charge in [0.15, 0.2) is 5.49 Å². The Labute approximate surface area is 219 Å². The summed E-state index contributed by atoms with van der Waals surface area (Å²) in [5, 5.41) is 0.206. The molecule has 0 N–H and O–H groups in total. The second kappa shape index (κ2) is 10.3. The van der Waals surface area contributed by atoms with E-state index < -0.39 is 11.9 Å². The Morgan fingerprint density at radius 2 is 1.73 bits per heavy atom. The second-order valence-electron chi connectivity index (χ2n) is 8.18. The second-order valence-corrected chi connectivity index (χ2v) is 9.10. The van der Waals surface area contributed by atoms with Crippen molar-refractivity contribution in [1.82, 2.24) is 14.0 Å². The molecule has 8 nitrogen and oxygen atoms in total. The van der Waals surface area contributed by atoms with Gasteiger partial charge in [0.25, 0.3) is 11.5 Å². The SMILES string of the molecule is CCOC(=O)c1cc2c(=O)n3ccccc3nc2n(Cc2ccccc2)c1=NC(=O)c1ccc(Br)cc1. The van der Waals surface area contributed by atoms with Crippen LogP contribution in [-0.2, 0) is 11.3 Å². The van der Waals surface area contributed by atoms with Crippen LogP contribution in [0.5, 0.6) is 0 Å². The Bertz CT molecular complexity index is 1770. The van der Waals surface area contributed by atoms with Crippen LogP contribution in [0.2, 0.25) is 0 Å². The highest BCUT2D eigenvalue weighted by Crippen LogP contribution is 2.15. The van der Waals surface area contributed by atoms with Gasteiger partial charge in [-0.15, -0.1) is 0 Å². The zero-order valence-electron chi connectivity index (χ0n) is 19.8. The summed E-state index contributed by atoms with van der Waals surface area (Å²) >= 11 is 3.36. The Morgan fingerprint density at radius 3 is 2.46 bits per heavy atom. The van der Waals surface area contributed by atoms with E-state index in [0.717, 1.165) is 10.0 Å². The maximum absolute atomic E-state index is 13.5. The minimum atomic E-state index is -0.689. The fourth-order valence-electron chi connectivity index (χ4n) is 4.03. The normalized spacial score (nSPS) is 11.7. The van der Waals surface area contributed by atoms with Crippen LogP contribution in [0.25, 0.3) is 16.7 Å². The zero-order chi connectivity index (χ0) is 25.9. The first-order valence-electron chi connectivity index (χ1n) is 11.6. The van der Waals surface area contributed by atoms with Gasteiger partial charge < -0.3 is 9.30 Å². The third-order valence-electron chi connectivity index (χ3n) is 5.77. The molecular formula is C28H21BrN4O4. The Kier molecular flexibility index (Phi) is 6.78. The molecule has 0 unspecified atom stereocenters. The molecule has 1 amide bonds. The lowest BCUT2D eigenvalue weighted by Crippen LogP contribution is -2.33. The van der Waals surface area contributed by atoms with Crippen LogP contribution in [-0.4, -0.2) is 32.4 Å². The number of hydrogen-bond donors (Lipinski definition) is 0. The van der Waals surface area contributed by atoms with E-state index in [1.165, 1.54) is 10.5 Å². The number of benzene rings is 2. The highest BCUT2D eigenvalue weighted by molar-refractivity contribution is 9.10. The van der Waals surface area contributed by atoms with Crippen molar-refractivity contribution >= 4 is 44.5 Å². The van der Waals surface area contributed by atoms with E-state index in [4.69, 9.17) is 9.72 Å². The summed E-state index contributed by atoms with van der Waals surface area (Å²) in [6.07, 6.45) is 1.62. The van der Waals surface area contributed by atoms with Crippen molar-refractivity contribution in [3.05, 3.63) is 122 Å². The lowest BCUT2D eigenvalue weighted by atomic mass is 10.1. The van der Waals surface area contributed by atoms with Crippen LogP contribution in [0.3, 0.4) is 0 Å². The van der Waals surface area contributed by atoms with Crippen LogP contribution < -0.4 is 11.0 Å². The first-order chi connectivity index (χ1) is 18.0. The Hall–Kier alpha value is -4.37. The van der Waals surface area contributed by atoms with E-state index >= 15 is 0 Å². The van der Waals surface area contributed by atoms with Crippen molar-refractivity contribution < 1.29 is 14.3 Å². The summed E-state index contributed by atoms with van der Waals surface area (Å²) in [4.78, 5) is 48.9. The lowest BCUT2D eigenvalue weighted by molar-refractivity contribution is 0.0523. The molecule has 2 aromatic carbocycles. The molecule has 0 saturated carbocycles. The van der Waals surface area contributed by atoms with Crippen LogP contribution in [0.15, 0.2) is 99.3 Å². The zero-order valence-corrected chi connectivity index (χ0v) is 21.4. The van der Waals surface area contributed by atoms with Crippen LogP contribution >= 0.6 is 15.9 Å². The minimum absolute atomic E-state index is 0.00511. The molecule has 0 radical (unpaired) electrons. The standard InChI is InChI=1S/C28H21BrN4O4/c1-2-37-28(36)22-16-21-24(30-23-10-6-7-15-32(23)27(21)35)33(17-18-8-4-3-5-9-18)25(22)31-26(34)19-11-13-20(29)14-12-19/h3-16H,2,17H2,1H3. The van der Waals surface area contributed by atoms with Gasteiger partial charge in [0, 0.05) is 16.2 Å². The van der Waals surface area contributed by atoms with E-state index in [1.807, 2.05) is 30.3 Å².